The van der Waals surface area contributed by atoms with Crippen LogP contribution in [0.2, 0.25) is 0 Å². The normalized spacial score (nSPS) is 17.1. The van der Waals surface area contributed by atoms with Crippen molar-refractivity contribution in [3.63, 3.8) is 0 Å². The maximum Gasteiger partial charge on any atom is 0.233 e. The van der Waals surface area contributed by atoms with Crippen LogP contribution < -0.4 is 11.1 Å². The van der Waals surface area contributed by atoms with E-state index in [0.29, 0.717) is 19.4 Å². The monoisotopic (exact) mass is 297 g/mol. The maximum absolute atomic E-state index is 12.6. The number of hydrogen-bond acceptors (Lipinski definition) is 3. The summed E-state index contributed by atoms with van der Waals surface area (Å²) in [5, 5.41) is 15.2. The zero-order valence-corrected chi connectivity index (χ0v) is 13.5. The van der Waals surface area contributed by atoms with Gasteiger partial charge in [-0.1, -0.05) is 57.5 Å². The topological polar surface area (TPSA) is 87.7 Å². The molecule has 0 unspecified atom stereocenters. The summed E-state index contributed by atoms with van der Waals surface area (Å²) in [5.74, 6) is 0.713. The lowest BCUT2D eigenvalue weighted by atomic mass is 9.77. The van der Waals surface area contributed by atoms with Crippen LogP contribution in [-0.2, 0) is 4.79 Å². The molecule has 1 saturated carbocycles. The molecule has 0 heterocycles. The van der Waals surface area contributed by atoms with Gasteiger partial charge in [-0.25, -0.2) is 0 Å². The summed E-state index contributed by atoms with van der Waals surface area (Å²) >= 11 is 0. The van der Waals surface area contributed by atoms with Crippen molar-refractivity contribution in [3.8, 4) is 0 Å². The summed E-state index contributed by atoms with van der Waals surface area (Å²) in [5.41, 5.74) is 5.01. The molecule has 1 rings (SSSR count). The van der Waals surface area contributed by atoms with E-state index in [4.69, 9.17) is 10.9 Å². The van der Waals surface area contributed by atoms with E-state index in [1.54, 1.807) is 0 Å². The lowest BCUT2D eigenvalue weighted by Crippen LogP contribution is -2.50. The predicted molar refractivity (Wildman–Crippen MR) is 85.2 cm³/mol. The molecule has 0 radical (unpaired) electrons. The van der Waals surface area contributed by atoms with E-state index in [-0.39, 0.29) is 11.7 Å². The molecular formula is C16H31N3O2. The molecule has 21 heavy (non-hydrogen) atoms. The zero-order valence-electron chi connectivity index (χ0n) is 13.5. The van der Waals surface area contributed by atoms with Crippen LogP contribution in [0.5, 0.6) is 0 Å². The number of nitrogens with zero attached hydrogens (tertiary/aromatic N) is 1. The van der Waals surface area contributed by atoms with Gasteiger partial charge in [-0.15, -0.1) is 0 Å². The first kappa shape index (κ1) is 17.8. The van der Waals surface area contributed by atoms with Gasteiger partial charge in [0.05, 0.1) is 0 Å². The Kier molecular flexibility index (Phi) is 7.54. The first-order chi connectivity index (χ1) is 10.1. The van der Waals surface area contributed by atoms with Crippen LogP contribution in [0, 0.1) is 11.3 Å². The Balaban J connectivity index is 2.64. The van der Waals surface area contributed by atoms with Crippen molar-refractivity contribution in [3.05, 3.63) is 0 Å². The van der Waals surface area contributed by atoms with Crippen LogP contribution >= 0.6 is 0 Å². The summed E-state index contributed by atoms with van der Waals surface area (Å²) < 4.78 is 0. The number of carbonyl (C=O) groups is 1. The summed E-state index contributed by atoms with van der Waals surface area (Å²) in [4.78, 5) is 12.6. The van der Waals surface area contributed by atoms with Crippen LogP contribution in [0.4, 0.5) is 0 Å². The lowest BCUT2D eigenvalue weighted by molar-refractivity contribution is -0.128. The molecule has 5 nitrogen and oxygen atoms in total. The highest BCUT2D eigenvalue weighted by Crippen LogP contribution is 2.31. The Morgan fingerprint density at radius 2 is 1.86 bits per heavy atom. The fourth-order valence-electron chi connectivity index (χ4n) is 3.53. The molecule has 0 saturated heterocycles. The van der Waals surface area contributed by atoms with Crippen LogP contribution in [0.25, 0.3) is 0 Å². The highest BCUT2D eigenvalue weighted by molar-refractivity contribution is 6.06. The highest BCUT2D eigenvalue weighted by atomic mass is 16.4. The van der Waals surface area contributed by atoms with Crippen LogP contribution in [0.15, 0.2) is 5.16 Å². The summed E-state index contributed by atoms with van der Waals surface area (Å²) in [6.45, 7) is 4.72. The molecule has 0 spiro atoms. The number of hydrogen-bond donors (Lipinski definition) is 3. The van der Waals surface area contributed by atoms with Crippen molar-refractivity contribution in [1.29, 1.82) is 0 Å². The molecule has 1 aliphatic rings. The van der Waals surface area contributed by atoms with Crippen LogP contribution in [0.1, 0.15) is 71.6 Å². The van der Waals surface area contributed by atoms with Crippen LogP contribution in [-0.4, -0.2) is 23.5 Å². The van der Waals surface area contributed by atoms with Gasteiger partial charge in [-0.05, 0) is 25.2 Å². The predicted octanol–water partition coefficient (Wildman–Crippen LogP) is 3.02. The Labute approximate surface area is 128 Å². The van der Waals surface area contributed by atoms with Crippen molar-refractivity contribution in [2.45, 2.75) is 71.6 Å². The molecule has 4 N–H and O–H groups in total. The summed E-state index contributed by atoms with van der Waals surface area (Å²) in [6.07, 6.45) is 9.12. The first-order valence-corrected chi connectivity index (χ1v) is 8.37. The number of amidine groups is 1. The van der Waals surface area contributed by atoms with E-state index < -0.39 is 5.41 Å². The summed E-state index contributed by atoms with van der Waals surface area (Å²) in [6, 6.07) is 0. The molecule has 1 amide bonds. The van der Waals surface area contributed by atoms with Gasteiger partial charge in [0.25, 0.3) is 0 Å². The minimum absolute atomic E-state index is 0.0459. The molecule has 0 aromatic rings. The van der Waals surface area contributed by atoms with E-state index in [2.05, 4.69) is 10.5 Å². The zero-order chi connectivity index (χ0) is 15.7. The Hall–Kier alpha value is -1.26. The molecular weight excluding hydrogens is 266 g/mol. The molecule has 0 atom stereocenters. The second-order valence-corrected chi connectivity index (χ2v) is 6.26. The molecule has 5 heteroatoms. The number of amides is 1. The third-order valence-corrected chi connectivity index (χ3v) is 4.70. The molecule has 1 aliphatic carbocycles. The molecule has 0 aliphatic heterocycles. The first-order valence-electron chi connectivity index (χ1n) is 8.37. The second kappa shape index (κ2) is 8.90. The van der Waals surface area contributed by atoms with Crippen molar-refractivity contribution in [1.82, 2.24) is 5.32 Å². The lowest BCUT2D eigenvalue weighted by Gasteiger charge is -2.30. The average molecular weight is 297 g/mol. The average Bonchev–Trinajstić information content (AvgIpc) is 2.99. The number of carbonyl (C=O) groups excluding carboxylic acids is 1. The minimum Gasteiger partial charge on any atom is -0.409 e. The molecule has 0 aromatic heterocycles. The SMILES string of the molecule is CCCC(CCC)(C(=O)NCCC1CCCC1)C(N)=NO. The third-order valence-electron chi connectivity index (χ3n) is 4.70. The number of nitrogens with two attached hydrogens (primary N) is 1. The van der Waals surface area contributed by atoms with Crippen molar-refractivity contribution < 1.29 is 10.0 Å². The van der Waals surface area contributed by atoms with E-state index in [1.807, 2.05) is 13.8 Å². The smallest absolute Gasteiger partial charge is 0.233 e. The van der Waals surface area contributed by atoms with Gasteiger partial charge >= 0.3 is 0 Å². The molecule has 0 aromatic carbocycles. The van der Waals surface area contributed by atoms with E-state index in [1.165, 1.54) is 25.7 Å². The van der Waals surface area contributed by atoms with E-state index in [9.17, 15) is 4.79 Å². The molecule has 122 valence electrons. The fourth-order valence-corrected chi connectivity index (χ4v) is 3.53. The van der Waals surface area contributed by atoms with Gasteiger partial charge in [-0.3, -0.25) is 4.79 Å². The highest BCUT2D eigenvalue weighted by Gasteiger charge is 2.41. The van der Waals surface area contributed by atoms with Crippen molar-refractivity contribution in [2.24, 2.45) is 22.2 Å². The number of nitrogens with one attached hydrogen (secondary N) is 1. The molecule has 1 fully saturated rings. The van der Waals surface area contributed by atoms with Gasteiger partial charge in [0.15, 0.2) is 5.84 Å². The Morgan fingerprint density at radius 3 is 2.33 bits per heavy atom. The van der Waals surface area contributed by atoms with E-state index >= 15 is 0 Å². The van der Waals surface area contributed by atoms with E-state index in [0.717, 1.165) is 25.2 Å². The largest absolute Gasteiger partial charge is 0.409 e. The van der Waals surface area contributed by atoms with Crippen molar-refractivity contribution in [2.75, 3.05) is 6.54 Å². The Morgan fingerprint density at radius 1 is 1.29 bits per heavy atom. The van der Waals surface area contributed by atoms with Gasteiger partial charge in [0.2, 0.25) is 5.91 Å². The molecule has 0 bridgehead atoms. The quantitative estimate of drug-likeness (QED) is 0.264. The standard InChI is InChI=1S/C16H31N3O2/c1-3-10-16(11-4-2,14(17)19-21)15(20)18-12-9-13-7-5-6-8-13/h13,21H,3-12H2,1-2H3,(H2,17,19)(H,18,20). The number of rotatable bonds is 9. The van der Waals surface area contributed by atoms with Gasteiger partial charge < -0.3 is 16.3 Å². The fraction of sp³-hybridized carbons (Fsp3) is 0.875. The second-order valence-electron chi connectivity index (χ2n) is 6.26. The third kappa shape index (κ3) is 4.61. The van der Waals surface area contributed by atoms with Gasteiger partial charge in [-0.2, -0.15) is 0 Å². The van der Waals surface area contributed by atoms with Gasteiger partial charge in [0.1, 0.15) is 5.41 Å². The van der Waals surface area contributed by atoms with Crippen LogP contribution in [0.3, 0.4) is 0 Å². The van der Waals surface area contributed by atoms with Crippen molar-refractivity contribution >= 4 is 11.7 Å². The number of oxime groups is 1. The maximum atomic E-state index is 12.6. The summed E-state index contributed by atoms with van der Waals surface area (Å²) in [7, 11) is 0. The minimum atomic E-state index is -0.853. The Bertz CT molecular complexity index is 343. The van der Waals surface area contributed by atoms with Gasteiger partial charge in [0, 0.05) is 6.54 Å².